The minimum Gasteiger partial charge on any atom is -0.465 e. The van der Waals surface area contributed by atoms with Crippen LogP contribution in [-0.2, 0) is 89.0 Å². The molecule has 2 aliphatic heterocycles. The molecule has 21 heteroatoms. The summed E-state index contributed by atoms with van der Waals surface area (Å²) in [6.07, 6.45) is -0.299. The summed E-state index contributed by atoms with van der Waals surface area (Å²) in [6.45, 7) is 7.24. The number of hydrogen-bond donors (Lipinski definition) is 5. The minimum absolute atomic E-state index is 0.0145. The highest BCUT2D eigenvalue weighted by molar-refractivity contribution is 5.96. The van der Waals surface area contributed by atoms with Crippen molar-refractivity contribution >= 4 is 64.0 Å². The molecule has 0 fully saturated rings. The zero-order valence-corrected chi connectivity index (χ0v) is 51.0. The first kappa shape index (κ1) is 63.8. The molecule has 90 heavy (non-hydrogen) atoms. The number of nitrogens with zero attached hydrogens (tertiary/aromatic N) is 2. The number of ether oxygens (including phenoxy) is 3. The van der Waals surface area contributed by atoms with E-state index in [1.54, 1.807) is 65.0 Å². The van der Waals surface area contributed by atoms with Gasteiger partial charge in [-0.2, -0.15) is 0 Å². The number of ketones is 2. The fourth-order valence-corrected chi connectivity index (χ4v) is 12.7. The summed E-state index contributed by atoms with van der Waals surface area (Å²) in [5.74, 6) is -6.92. The molecule has 470 valence electrons. The van der Waals surface area contributed by atoms with E-state index in [1.807, 2.05) is 54.6 Å². The van der Waals surface area contributed by atoms with Crippen LogP contribution in [0.5, 0.6) is 0 Å². The van der Waals surface area contributed by atoms with E-state index >= 15 is 4.39 Å². The number of aryl methyl sites for hydroxylation is 1. The number of halogens is 1. The summed E-state index contributed by atoms with van der Waals surface area (Å²) in [4.78, 5) is 139. The summed E-state index contributed by atoms with van der Waals surface area (Å²) in [6, 6.07) is 25.5. The second kappa shape index (κ2) is 26.8. The lowest BCUT2D eigenvalue weighted by Crippen LogP contribution is -2.49. The summed E-state index contributed by atoms with van der Waals surface area (Å²) in [7, 11) is 0. The largest absolute Gasteiger partial charge is 0.465 e. The lowest BCUT2D eigenvalue weighted by molar-refractivity contribution is -0.172. The average Bonchev–Trinajstić information content (AvgIpc) is 1.47. The van der Waals surface area contributed by atoms with Crippen molar-refractivity contribution in [3.63, 3.8) is 0 Å². The SMILES string of the molecule is CC[C@@]1(O)C(=O)OCc2c1cc1n(c2=O)Cc2c-1nc1cc(F)c(C)c3c1c2[C@@H](NC(=O)[C@H](CC(=O)OC(C)(C)C)NC(=O)CCCCC(=O)CNC(=O)[C@@H](CC(=O)CNC(=O)CCC(=O)OCC1c2ccccc2-c2ccccc21)Cc1ccccc1)CC3. The molecule has 0 radical (unpaired) electrons. The second-order valence-corrected chi connectivity index (χ2v) is 24.6. The number of Topliss-reactive ketones (excluding diaryl/α,β-unsaturated/α-hetero) is 2. The van der Waals surface area contributed by atoms with E-state index in [2.05, 4.69) is 21.3 Å². The van der Waals surface area contributed by atoms with Crippen molar-refractivity contribution in [1.82, 2.24) is 30.8 Å². The van der Waals surface area contributed by atoms with Gasteiger partial charge in [0.25, 0.3) is 5.56 Å². The molecule has 10 rings (SSSR count). The summed E-state index contributed by atoms with van der Waals surface area (Å²) < 4.78 is 33.5. The third-order valence-electron chi connectivity index (χ3n) is 17.3. The first-order chi connectivity index (χ1) is 43.0. The van der Waals surface area contributed by atoms with E-state index in [0.717, 1.165) is 27.8 Å². The van der Waals surface area contributed by atoms with Gasteiger partial charge >= 0.3 is 17.9 Å². The Kier molecular flexibility index (Phi) is 19.0. The van der Waals surface area contributed by atoms with Crippen molar-refractivity contribution in [3.05, 3.63) is 157 Å². The number of hydrogen-bond acceptors (Lipinski definition) is 15. The van der Waals surface area contributed by atoms with Crippen LogP contribution in [0.2, 0.25) is 0 Å². The number of rotatable bonds is 25. The summed E-state index contributed by atoms with van der Waals surface area (Å²) in [5.41, 5.74) is 4.76. The van der Waals surface area contributed by atoms with Crippen LogP contribution in [0.15, 0.2) is 95.8 Å². The van der Waals surface area contributed by atoms with Crippen LogP contribution in [0.3, 0.4) is 0 Å². The first-order valence-corrected chi connectivity index (χ1v) is 30.6. The number of cyclic esters (lactones) is 1. The number of amides is 4. The molecule has 4 aliphatic rings. The maximum Gasteiger partial charge on any atom is 0.343 e. The number of aromatic nitrogens is 2. The Hall–Kier alpha value is -9.24. The molecule has 5 N–H and O–H groups in total. The quantitative estimate of drug-likeness (QED) is 0.0216. The van der Waals surface area contributed by atoms with Gasteiger partial charge in [0.15, 0.2) is 17.2 Å². The van der Waals surface area contributed by atoms with Gasteiger partial charge in [-0.3, -0.25) is 43.2 Å². The van der Waals surface area contributed by atoms with Crippen LogP contribution in [0.4, 0.5) is 4.39 Å². The van der Waals surface area contributed by atoms with Crippen molar-refractivity contribution in [2.75, 3.05) is 19.7 Å². The second-order valence-electron chi connectivity index (χ2n) is 24.6. The predicted molar refractivity (Wildman–Crippen MR) is 327 cm³/mol. The Morgan fingerprint density at radius 3 is 2.17 bits per heavy atom. The van der Waals surface area contributed by atoms with Gasteiger partial charge in [0, 0.05) is 60.1 Å². The van der Waals surface area contributed by atoms with Gasteiger partial charge in [0.2, 0.25) is 23.6 Å². The predicted octanol–water partition coefficient (Wildman–Crippen LogP) is 7.16. The number of carbonyl (C=O) groups is 9. The van der Waals surface area contributed by atoms with Crippen LogP contribution in [0.25, 0.3) is 33.4 Å². The van der Waals surface area contributed by atoms with Crippen molar-refractivity contribution in [2.45, 2.75) is 154 Å². The fraction of sp³-hybridized carbons (Fsp3) is 0.406. The molecule has 0 saturated carbocycles. The number of pyridine rings is 2. The van der Waals surface area contributed by atoms with Crippen molar-refractivity contribution < 1.29 is 66.9 Å². The van der Waals surface area contributed by atoms with Crippen LogP contribution >= 0.6 is 0 Å². The van der Waals surface area contributed by atoms with Gasteiger partial charge in [-0.15, -0.1) is 0 Å². The van der Waals surface area contributed by atoms with Crippen molar-refractivity contribution in [1.29, 1.82) is 0 Å². The monoisotopic (exact) mass is 1230 g/mol. The lowest BCUT2D eigenvalue weighted by Gasteiger charge is -2.31. The number of fused-ring (bicyclic) bond motifs is 8. The highest BCUT2D eigenvalue weighted by Crippen LogP contribution is 2.47. The number of benzene rings is 4. The Morgan fingerprint density at radius 2 is 1.47 bits per heavy atom. The standard InChI is InChI=1S/C69H73FN6O14/c1-6-69(87)51-30-56-63-48(35-76(56)66(85)50(51)37-89-67(69)86)62-53(25-24-43-38(2)52(70)31-54(74-63)61(43)62)75-65(84)55(32-60(82)90-68(3,4)5)73-58(80)23-15-10-18-41(77)33-72-64(83)40(28-39-16-8-7-9-17-39)29-42(78)34-71-57(79)26-27-59(81)88-36-49-46-21-13-11-19-44(46)45-20-12-14-22-47(45)49/h7-9,11-14,16-17,19-22,30-31,40,49,53,55,87H,6,10,15,18,23-29,32-37H2,1-5H3,(H,71,79)(H,72,83)(H,73,80)(H,75,84)/t40-,53+,55+,69+/m1/s1. The molecule has 0 bridgehead atoms. The molecule has 4 heterocycles. The lowest BCUT2D eigenvalue weighted by atomic mass is 9.81. The van der Waals surface area contributed by atoms with E-state index in [4.69, 9.17) is 19.2 Å². The molecule has 0 saturated heterocycles. The Balaban J connectivity index is 0.724. The van der Waals surface area contributed by atoms with Gasteiger partial charge in [-0.05, 0) is 117 Å². The topological polar surface area (TPSA) is 285 Å². The molecule has 4 aromatic carbocycles. The smallest absolute Gasteiger partial charge is 0.343 e. The van der Waals surface area contributed by atoms with Crippen molar-refractivity contribution in [2.24, 2.45) is 5.92 Å². The first-order valence-electron chi connectivity index (χ1n) is 30.6. The van der Waals surface area contributed by atoms with Crippen LogP contribution < -0.4 is 26.8 Å². The maximum atomic E-state index is 15.6. The molecule has 4 amide bonds. The highest BCUT2D eigenvalue weighted by Gasteiger charge is 2.46. The van der Waals surface area contributed by atoms with Gasteiger partial charge in [0.1, 0.15) is 30.7 Å². The van der Waals surface area contributed by atoms with Crippen LogP contribution in [-0.4, -0.2) is 99.1 Å². The zero-order valence-electron chi connectivity index (χ0n) is 51.0. The summed E-state index contributed by atoms with van der Waals surface area (Å²) in [5, 5.41) is 23.0. The maximum absolute atomic E-state index is 15.6. The molecular formula is C69H73FN6O14. The van der Waals surface area contributed by atoms with E-state index in [0.29, 0.717) is 39.8 Å². The Labute approximate surface area is 519 Å². The Bertz CT molecular complexity index is 3900. The molecule has 2 aromatic heterocycles. The normalized spacial score (nSPS) is 16.7. The van der Waals surface area contributed by atoms with Crippen molar-refractivity contribution in [3.8, 4) is 22.5 Å². The van der Waals surface area contributed by atoms with Gasteiger partial charge < -0.3 is 45.2 Å². The molecule has 0 unspecified atom stereocenters. The Morgan fingerprint density at radius 1 is 0.789 bits per heavy atom. The molecule has 6 aromatic rings. The fourth-order valence-electron chi connectivity index (χ4n) is 12.7. The molecule has 0 spiro atoms. The molecular weight excluding hydrogens is 1160 g/mol. The highest BCUT2D eigenvalue weighted by atomic mass is 19.1. The van der Waals surface area contributed by atoms with E-state index < -0.39 is 94.3 Å². The molecule has 20 nitrogen and oxygen atoms in total. The van der Waals surface area contributed by atoms with Gasteiger partial charge in [-0.25, -0.2) is 14.2 Å². The van der Waals surface area contributed by atoms with Crippen LogP contribution in [0.1, 0.15) is 154 Å². The summed E-state index contributed by atoms with van der Waals surface area (Å²) >= 11 is 0. The average molecular weight is 1230 g/mol. The van der Waals surface area contributed by atoms with Gasteiger partial charge in [0.05, 0.1) is 61.0 Å². The number of carbonyl (C=O) groups excluding carboxylic acids is 9. The number of esters is 3. The number of unbranched alkanes of at least 4 members (excludes halogenated alkanes) is 1. The third kappa shape index (κ3) is 13.8. The minimum atomic E-state index is -2.10. The number of nitrogens with one attached hydrogen (secondary N) is 4. The van der Waals surface area contributed by atoms with E-state index in [1.165, 1.54) is 10.6 Å². The molecule has 4 atom stereocenters. The number of aliphatic hydroxyl groups is 1. The molecule has 2 aliphatic carbocycles. The van der Waals surface area contributed by atoms with Gasteiger partial charge in [-0.1, -0.05) is 85.8 Å². The van der Waals surface area contributed by atoms with E-state index in [-0.39, 0.29) is 131 Å². The van der Waals surface area contributed by atoms with Crippen LogP contribution in [0, 0.1) is 18.7 Å². The van der Waals surface area contributed by atoms with E-state index in [9.17, 15) is 53.1 Å². The zero-order chi connectivity index (χ0) is 64.2. The third-order valence-corrected chi connectivity index (χ3v) is 17.3.